The summed E-state index contributed by atoms with van der Waals surface area (Å²) in [5, 5.41) is 24.6. The number of carboxylic acids is 1. The molecule has 24 heavy (non-hydrogen) atoms. The van der Waals surface area contributed by atoms with Crippen LogP contribution in [0, 0.1) is 10.1 Å². The van der Waals surface area contributed by atoms with Gasteiger partial charge in [0.15, 0.2) is 0 Å². The first kappa shape index (κ1) is 16.7. The van der Waals surface area contributed by atoms with Gasteiger partial charge in [-0.05, 0) is 30.3 Å². The van der Waals surface area contributed by atoms with Crippen LogP contribution in [-0.2, 0) is 0 Å². The Morgan fingerprint density at radius 2 is 1.79 bits per heavy atom. The lowest BCUT2D eigenvalue weighted by Crippen LogP contribution is -2.19. The highest BCUT2D eigenvalue weighted by Gasteiger charge is 2.13. The van der Waals surface area contributed by atoms with Crippen molar-refractivity contribution in [1.29, 1.82) is 0 Å². The Bertz CT molecular complexity index is 788. The predicted molar refractivity (Wildman–Crippen MR) is 85.7 cm³/mol. The van der Waals surface area contributed by atoms with Gasteiger partial charge in [0.25, 0.3) is 5.69 Å². The number of hydrogen-bond donors (Lipinski definition) is 3. The van der Waals surface area contributed by atoms with Crippen molar-refractivity contribution in [2.24, 2.45) is 0 Å². The van der Waals surface area contributed by atoms with Gasteiger partial charge in [-0.3, -0.25) is 10.1 Å². The lowest BCUT2D eigenvalue weighted by atomic mass is 10.2. The SMILES string of the molecule is COc1cc([N+](=O)[O-])ccc1NC(=O)Nc1ccc(C(=O)O)cc1. The van der Waals surface area contributed by atoms with E-state index >= 15 is 0 Å². The molecule has 0 radical (unpaired) electrons. The van der Waals surface area contributed by atoms with Gasteiger partial charge in [-0.25, -0.2) is 9.59 Å². The fraction of sp³-hybridized carbons (Fsp3) is 0.0667. The first-order valence-electron chi connectivity index (χ1n) is 6.64. The molecule has 0 saturated carbocycles. The number of methoxy groups -OCH3 is 1. The maximum Gasteiger partial charge on any atom is 0.335 e. The van der Waals surface area contributed by atoms with E-state index in [-0.39, 0.29) is 22.7 Å². The molecule has 0 heterocycles. The molecule has 124 valence electrons. The van der Waals surface area contributed by atoms with Crippen molar-refractivity contribution in [2.75, 3.05) is 17.7 Å². The van der Waals surface area contributed by atoms with Gasteiger partial charge in [-0.1, -0.05) is 0 Å². The van der Waals surface area contributed by atoms with Gasteiger partial charge in [-0.2, -0.15) is 0 Å². The predicted octanol–water partition coefficient (Wildman–Crippen LogP) is 2.95. The summed E-state index contributed by atoms with van der Waals surface area (Å²) in [4.78, 5) is 32.9. The van der Waals surface area contributed by atoms with Gasteiger partial charge in [0.05, 0.1) is 29.4 Å². The van der Waals surface area contributed by atoms with E-state index in [4.69, 9.17) is 9.84 Å². The van der Waals surface area contributed by atoms with Crippen LogP contribution in [0.3, 0.4) is 0 Å². The molecule has 0 bridgehead atoms. The van der Waals surface area contributed by atoms with Crippen molar-refractivity contribution in [3.63, 3.8) is 0 Å². The topological polar surface area (TPSA) is 131 Å². The molecule has 0 aliphatic carbocycles. The lowest BCUT2D eigenvalue weighted by Gasteiger charge is -2.11. The number of non-ortho nitro benzene ring substituents is 1. The summed E-state index contributed by atoms with van der Waals surface area (Å²) in [7, 11) is 1.33. The first-order chi connectivity index (χ1) is 11.4. The summed E-state index contributed by atoms with van der Waals surface area (Å²) in [6.07, 6.45) is 0. The minimum atomic E-state index is -1.07. The maximum atomic E-state index is 12.0. The number of benzene rings is 2. The normalized spacial score (nSPS) is 9.88. The molecule has 2 rings (SSSR count). The van der Waals surface area contributed by atoms with Gasteiger partial charge in [-0.15, -0.1) is 0 Å². The number of carbonyl (C=O) groups excluding carboxylic acids is 1. The molecule has 0 aliphatic heterocycles. The van der Waals surface area contributed by atoms with Crippen molar-refractivity contribution < 1.29 is 24.4 Å². The Balaban J connectivity index is 2.09. The third-order valence-electron chi connectivity index (χ3n) is 3.03. The zero-order valence-corrected chi connectivity index (χ0v) is 12.5. The molecule has 0 aliphatic rings. The van der Waals surface area contributed by atoms with E-state index in [9.17, 15) is 19.7 Å². The number of anilines is 2. The Kier molecular flexibility index (Phi) is 4.95. The fourth-order valence-corrected chi connectivity index (χ4v) is 1.88. The molecule has 2 aromatic rings. The van der Waals surface area contributed by atoms with Crippen LogP contribution in [0.1, 0.15) is 10.4 Å². The molecular formula is C15H13N3O6. The molecule has 0 unspecified atom stereocenters. The smallest absolute Gasteiger partial charge is 0.335 e. The van der Waals surface area contributed by atoms with Gasteiger partial charge in [0, 0.05) is 11.8 Å². The summed E-state index contributed by atoms with van der Waals surface area (Å²) < 4.78 is 5.02. The van der Waals surface area contributed by atoms with Gasteiger partial charge >= 0.3 is 12.0 Å². The molecule has 0 fully saturated rings. The van der Waals surface area contributed by atoms with Crippen LogP contribution in [0.25, 0.3) is 0 Å². The highest BCUT2D eigenvalue weighted by molar-refractivity contribution is 6.01. The van der Waals surface area contributed by atoms with Crippen LogP contribution in [0.15, 0.2) is 42.5 Å². The number of nitrogens with zero attached hydrogens (tertiary/aromatic N) is 1. The molecular weight excluding hydrogens is 318 g/mol. The molecule has 0 spiro atoms. The Morgan fingerprint density at radius 1 is 1.12 bits per heavy atom. The van der Waals surface area contributed by atoms with Crippen molar-refractivity contribution in [2.45, 2.75) is 0 Å². The average molecular weight is 331 g/mol. The Hall–Kier alpha value is -3.62. The number of hydrogen-bond acceptors (Lipinski definition) is 5. The number of rotatable bonds is 5. The molecule has 9 heteroatoms. The second-order valence-electron chi connectivity index (χ2n) is 4.60. The fourth-order valence-electron chi connectivity index (χ4n) is 1.88. The second-order valence-corrected chi connectivity index (χ2v) is 4.60. The van der Waals surface area contributed by atoms with Crippen LogP contribution in [0.2, 0.25) is 0 Å². The molecule has 0 saturated heterocycles. The number of nitro benzene ring substituents is 1. The monoisotopic (exact) mass is 331 g/mol. The van der Waals surface area contributed by atoms with E-state index in [2.05, 4.69) is 10.6 Å². The number of urea groups is 1. The van der Waals surface area contributed by atoms with E-state index in [1.54, 1.807) is 0 Å². The highest BCUT2D eigenvalue weighted by atomic mass is 16.6. The number of ether oxygens (including phenoxy) is 1. The first-order valence-corrected chi connectivity index (χ1v) is 6.64. The van der Waals surface area contributed by atoms with Gasteiger partial charge < -0.3 is 20.5 Å². The van der Waals surface area contributed by atoms with E-state index in [1.165, 1.54) is 49.6 Å². The molecule has 2 aromatic carbocycles. The van der Waals surface area contributed by atoms with Crippen molar-refractivity contribution >= 4 is 29.1 Å². The highest BCUT2D eigenvalue weighted by Crippen LogP contribution is 2.29. The summed E-state index contributed by atoms with van der Waals surface area (Å²) in [6.45, 7) is 0. The zero-order chi connectivity index (χ0) is 17.7. The third kappa shape index (κ3) is 3.97. The molecule has 9 nitrogen and oxygen atoms in total. The second kappa shape index (κ2) is 7.09. The van der Waals surface area contributed by atoms with Crippen molar-refractivity contribution in [3.8, 4) is 5.75 Å². The van der Waals surface area contributed by atoms with Crippen LogP contribution < -0.4 is 15.4 Å². The van der Waals surface area contributed by atoms with E-state index in [0.717, 1.165) is 0 Å². The summed E-state index contributed by atoms with van der Waals surface area (Å²) in [5.41, 5.74) is 0.571. The third-order valence-corrected chi connectivity index (χ3v) is 3.03. The molecule has 0 atom stereocenters. The summed E-state index contributed by atoms with van der Waals surface area (Å²) in [5.74, 6) is -0.929. The van der Waals surface area contributed by atoms with Crippen molar-refractivity contribution in [1.82, 2.24) is 0 Å². The number of nitrogens with one attached hydrogen (secondary N) is 2. The van der Waals surface area contributed by atoms with Crippen LogP contribution in [-0.4, -0.2) is 29.1 Å². The largest absolute Gasteiger partial charge is 0.494 e. The van der Waals surface area contributed by atoms with E-state index in [0.29, 0.717) is 5.69 Å². The number of amides is 2. The summed E-state index contributed by atoms with van der Waals surface area (Å²) in [6, 6.07) is 8.76. The van der Waals surface area contributed by atoms with Crippen LogP contribution in [0.4, 0.5) is 21.9 Å². The standard InChI is InChI=1S/C15H13N3O6/c1-24-13-8-11(18(22)23)6-7-12(13)17-15(21)16-10-4-2-9(3-5-10)14(19)20/h2-8H,1H3,(H,19,20)(H2,16,17,21). The average Bonchev–Trinajstić information content (AvgIpc) is 2.55. The van der Waals surface area contributed by atoms with Crippen molar-refractivity contribution in [3.05, 3.63) is 58.1 Å². The van der Waals surface area contributed by atoms with Crippen LogP contribution >= 0.6 is 0 Å². The minimum absolute atomic E-state index is 0.0954. The number of carbonyl (C=O) groups is 2. The maximum absolute atomic E-state index is 12.0. The Labute approximate surface area is 136 Å². The lowest BCUT2D eigenvalue weighted by molar-refractivity contribution is -0.384. The molecule has 2 amide bonds. The van der Waals surface area contributed by atoms with Gasteiger partial charge in [0.2, 0.25) is 0 Å². The number of carboxylic acid groups (broad SMARTS) is 1. The van der Waals surface area contributed by atoms with Crippen LogP contribution in [0.5, 0.6) is 5.75 Å². The Morgan fingerprint density at radius 3 is 2.33 bits per heavy atom. The minimum Gasteiger partial charge on any atom is -0.494 e. The summed E-state index contributed by atoms with van der Waals surface area (Å²) >= 11 is 0. The van der Waals surface area contributed by atoms with E-state index < -0.39 is 16.9 Å². The van der Waals surface area contributed by atoms with E-state index in [1.807, 2.05) is 0 Å². The van der Waals surface area contributed by atoms with Gasteiger partial charge in [0.1, 0.15) is 5.75 Å². The zero-order valence-electron chi connectivity index (χ0n) is 12.5. The quantitative estimate of drug-likeness (QED) is 0.570. The number of nitro groups is 1. The molecule has 0 aromatic heterocycles. The molecule has 3 N–H and O–H groups in total. The number of aromatic carboxylic acids is 1.